The van der Waals surface area contributed by atoms with Gasteiger partial charge < -0.3 is 25.4 Å². The predicted octanol–water partition coefficient (Wildman–Crippen LogP) is 3.56. The number of carbonyl (C=O) groups excluding carboxylic acids is 2. The van der Waals surface area contributed by atoms with E-state index in [0.29, 0.717) is 36.9 Å². The molecule has 2 aromatic rings. The monoisotopic (exact) mass is 411 g/mol. The first kappa shape index (κ1) is 21.6. The van der Waals surface area contributed by atoms with Crippen molar-refractivity contribution in [1.29, 1.82) is 0 Å². The molecule has 7 heteroatoms. The van der Waals surface area contributed by atoms with Crippen molar-refractivity contribution in [2.75, 3.05) is 25.6 Å². The van der Waals surface area contributed by atoms with E-state index >= 15 is 0 Å². The van der Waals surface area contributed by atoms with Crippen molar-refractivity contribution in [3.8, 4) is 5.75 Å². The van der Waals surface area contributed by atoms with Crippen LogP contribution in [0, 0.1) is 5.92 Å². The van der Waals surface area contributed by atoms with Crippen LogP contribution in [-0.2, 0) is 11.3 Å². The molecule has 0 spiro atoms. The van der Waals surface area contributed by atoms with E-state index in [1.165, 1.54) is 0 Å². The highest BCUT2D eigenvalue weighted by molar-refractivity contribution is 6.04. The van der Waals surface area contributed by atoms with Gasteiger partial charge in [0, 0.05) is 30.4 Å². The summed E-state index contributed by atoms with van der Waals surface area (Å²) in [7, 11) is 1.59. The first-order valence-corrected chi connectivity index (χ1v) is 10.3. The molecule has 0 unspecified atom stereocenters. The molecule has 1 saturated carbocycles. The molecule has 2 amide bonds. The van der Waals surface area contributed by atoms with Crippen LogP contribution >= 0.6 is 0 Å². The maximum absolute atomic E-state index is 12.4. The predicted molar refractivity (Wildman–Crippen MR) is 116 cm³/mol. The number of benzene rings is 2. The van der Waals surface area contributed by atoms with Crippen LogP contribution in [0.5, 0.6) is 5.75 Å². The van der Waals surface area contributed by atoms with E-state index < -0.39 is 0 Å². The molecular formula is C23H29N3O4. The van der Waals surface area contributed by atoms with Crippen molar-refractivity contribution in [1.82, 2.24) is 10.6 Å². The first-order valence-electron chi connectivity index (χ1n) is 10.3. The van der Waals surface area contributed by atoms with Gasteiger partial charge in [0.1, 0.15) is 5.75 Å². The molecule has 7 nitrogen and oxygen atoms in total. The maximum atomic E-state index is 12.4. The molecule has 0 saturated heterocycles. The second-order valence-corrected chi connectivity index (χ2v) is 7.32. The minimum atomic E-state index is -0.362. The zero-order valence-electron chi connectivity index (χ0n) is 17.4. The Kier molecular flexibility index (Phi) is 7.68. The number of hydrogen-bond acceptors (Lipinski definition) is 5. The van der Waals surface area contributed by atoms with Gasteiger partial charge in [-0.15, -0.1) is 0 Å². The molecule has 1 aliphatic rings. The molecule has 1 atom stereocenters. The van der Waals surface area contributed by atoms with Crippen LogP contribution in [0.3, 0.4) is 0 Å². The molecule has 160 valence electrons. The highest BCUT2D eigenvalue weighted by Crippen LogP contribution is 2.32. The van der Waals surface area contributed by atoms with E-state index in [2.05, 4.69) is 16.0 Å². The zero-order chi connectivity index (χ0) is 21.3. The zero-order valence-corrected chi connectivity index (χ0v) is 17.4. The minimum absolute atomic E-state index is 0.0713. The number of alkyl carbamates (subject to hydrolysis) is 1. The summed E-state index contributed by atoms with van der Waals surface area (Å²) in [5.74, 6) is 1.05. The molecule has 0 bridgehead atoms. The summed E-state index contributed by atoms with van der Waals surface area (Å²) in [6.07, 6.45) is 1.90. The van der Waals surface area contributed by atoms with Gasteiger partial charge >= 0.3 is 6.09 Å². The van der Waals surface area contributed by atoms with Crippen LogP contribution in [0.2, 0.25) is 0 Å². The van der Waals surface area contributed by atoms with Crippen molar-refractivity contribution >= 4 is 17.7 Å². The quantitative estimate of drug-likeness (QED) is 0.556. The fourth-order valence-electron chi connectivity index (χ4n) is 3.23. The van der Waals surface area contributed by atoms with Crippen LogP contribution in [-0.4, -0.2) is 38.3 Å². The average molecular weight is 412 g/mol. The average Bonchev–Trinajstić information content (AvgIpc) is 3.59. The van der Waals surface area contributed by atoms with Crippen LogP contribution in [0.1, 0.15) is 35.7 Å². The molecule has 0 radical (unpaired) electrons. The van der Waals surface area contributed by atoms with Gasteiger partial charge in [0.15, 0.2) is 0 Å². The van der Waals surface area contributed by atoms with Crippen LogP contribution in [0.15, 0.2) is 48.5 Å². The number of hydrogen-bond donors (Lipinski definition) is 3. The molecule has 2 aromatic carbocycles. The van der Waals surface area contributed by atoms with Gasteiger partial charge in [0.25, 0.3) is 5.91 Å². The van der Waals surface area contributed by atoms with Gasteiger partial charge in [-0.1, -0.05) is 12.1 Å². The molecule has 0 heterocycles. The Balaban J connectivity index is 1.50. The van der Waals surface area contributed by atoms with Crippen molar-refractivity contribution in [2.24, 2.45) is 5.92 Å². The molecule has 30 heavy (non-hydrogen) atoms. The summed E-state index contributed by atoms with van der Waals surface area (Å²) >= 11 is 0. The minimum Gasteiger partial charge on any atom is -0.497 e. The third kappa shape index (κ3) is 6.49. The Hall–Kier alpha value is -3.06. The van der Waals surface area contributed by atoms with E-state index in [-0.39, 0.29) is 18.0 Å². The van der Waals surface area contributed by atoms with E-state index in [4.69, 9.17) is 9.47 Å². The van der Waals surface area contributed by atoms with Gasteiger partial charge in [0.2, 0.25) is 0 Å². The van der Waals surface area contributed by atoms with Gasteiger partial charge in [0.05, 0.1) is 13.7 Å². The van der Waals surface area contributed by atoms with Crippen LogP contribution < -0.4 is 20.7 Å². The van der Waals surface area contributed by atoms with Crippen molar-refractivity contribution in [3.63, 3.8) is 0 Å². The number of ether oxygens (including phenoxy) is 2. The second-order valence-electron chi connectivity index (χ2n) is 7.32. The smallest absolute Gasteiger partial charge is 0.407 e. The maximum Gasteiger partial charge on any atom is 0.407 e. The SMILES string of the molecule is CCOC(=O)N[C@@H](CNCc1cccc(NC(=O)c2ccc(OC)cc2)c1)C1CC1. The lowest BCUT2D eigenvalue weighted by molar-refractivity contribution is 0.102. The number of amides is 2. The normalized spacial score (nSPS) is 13.9. The van der Waals surface area contributed by atoms with Gasteiger partial charge in [-0.25, -0.2) is 4.79 Å². The molecule has 0 aliphatic heterocycles. The van der Waals surface area contributed by atoms with E-state index in [1.54, 1.807) is 38.3 Å². The highest BCUT2D eigenvalue weighted by Gasteiger charge is 2.32. The summed E-state index contributed by atoms with van der Waals surface area (Å²) < 4.78 is 10.1. The van der Waals surface area contributed by atoms with Crippen LogP contribution in [0.4, 0.5) is 10.5 Å². The number of methoxy groups -OCH3 is 1. The summed E-state index contributed by atoms with van der Waals surface area (Å²) in [5.41, 5.74) is 2.35. The molecule has 1 fully saturated rings. The van der Waals surface area contributed by atoms with E-state index in [9.17, 15) is 9.59 Å². The second kappa shape index (κ2) is 10.6. The molecule has 3 N–H and O–H groups in total. The number of carbonyl (C=O) groups is 2. The lowest BCUT2D eigenvalue weighted by atomic mass is 10.1. The Labute approximate surface area is 177 Å². The van der Waals surface area contributed by atoms with Crippen molar-refractivity contribution < 1.29 is 19.1 Å². The summed E-state index contributed by atoms with van der Waals surface area (Å²) in [5, 5.41) is 9.26. The summed E-state index contributed by atoms with van der Waals surface area (Å²) in [6.45, 7) is 3.47. The van der Waals surface area contributed by atoms with Crippen LogP contribution in [0.25, 0.3) is 0 Å². The molecule has 0 aromatic heterocycles. The van der Waals surface area contributed by atoms with Crippen molar-refractivity contribution in [3.05, 3.63) is 59.7 Å². The lowest BCUT2D eigenvalue weighted by Crippen LogP contribution is -2.43. The number of rotatable bonds is 10. The third-order valence-corrected chi connectivity index (χ3v) is 5.00. The molecule has 3 rings (SSSR count). The van der Waals surface area contributed by atoms with E-state index in [1.807, 2.05) is 24.3 Å². The van der Waals surface area contributed by atoms with Gasteiger partial charge in [-0.2, -0.15) is 0 Å². The van der Waals surface area contributed by atoms with Crippen molar-refractivity contribution in [2.45, 2.75) is 32.4 Å². The Morgan fingerprint density at radius 3 is 2.57 bits per heavy atom. The summed E-state index contributed by atoms with van der Waals surface area (Å²) in [6, 6.07) is 14.8. The summed E-state index contributed by atoms with van der Waals surface area (Å²) in [4.78, 5) is 24.2. The Morgan fingerprint density at radius 2 is 1.90 bits per heavy atom. The largest absolute Gasteiger partial charge is 0.497 e. The van der Waals surface area contributed by atoms with Gasteiger partial charge in [-0.3, -0.25) is 4.79 Å². The van der Waals surface area contributed by atoms with E-state index in [0.717, 1.165) is 24.1 Å². The highest BCUT2D eigenvalue weighted by atomic mass is 16.5. The molecular weight excluding hydrogens is 382 g/mol. The lowest BCUT2D eigenvalue weighted by Gasteiger charge is -2.18. The topological polar surface area (TPSA) is 88.7 Å². The Bertz CT molecular complexity index is 850. The fraction of sp³-hybridized carbons (Fsp3) is 0.391. The first-order chi connectivity index (χ1) is 14.6. The van der Waals surface area contributed by atoms with Gasteiger partial charge in [-0.05, 0) is 67.6 Å². The molecule has 1 aliphatic carbocycles. The Morgan fingerprint density at radius 1 is 1.13 bits per heavy atom. The third-order valence-electron chi connectivity index (χ3n) is 5.00. The standard InChI is InChI=1S/C23H29N3O4/c1-3-30-23(28)26-21(17-7-8-17)15-24-14-16-5-4-6-19(13-16)25-22(27)18-9-11-20(29-2)12-10-18/h4-6,9-13,17,21,24H,3,7-8,14-15H2,1-2H3,(H,25,27)(H,26,28)/t21-/m0/s1. The number of nitrogens with one attached hydrogen (secondary N) is 3. The fourth-order valence-corrected chi connectivity index (χ4v) is 3.23. The number of anilines is 1.